The number of rotatable bonds is 0. The molecule has 1 fully saturated rings. The Bertz CT molecular complexity index is 229. The summed E-state index contributed by atoms with van der Waals surface area (Å²) in [5.41, 5.74) is 3.62. The van der Waals surface area contributed by atoms with E-state index in [1.807, 2.05) is 11.1 Å². The van der Waals surface area contributed by atoms with E-state index in [1.54, 1.807) is 0 Å². The number of allylic oxidation sites excluding steroid dienone is 4. The Labute approximate surface area is 74.4 Å². The first kappa shape index (κ1) is 6.94. The van der Waals surface area contributed by atoms with E-state index in [0.717, 1.165) is 11.8 Å². The van der Waals surface area contributed by atoms with Crippen molar-refractivity contribution in [3.05, 3.63) is 23.3 Å². The number of hydrogen-bond donors (Lipinski definition) is 0. The zero-order valence-electron chi connectivity index (χ0n) is 7.55. The molecule has 0 aromatic heterocycles. The van der Waals surface area contributed by atoms with Gasteiger partial charge in [0, 0.05) is 0 Å². The van der Waals surface area contributed by atoms with Gasteiger partial charge in [0.1, 0.15) is 0 Å². The van der Waals surface area contributed by atoms with Gasteiger partial charge in [-0.2, -0.15) is 0 Å². The van der Waals surface area contributed by atoms with Crippen LogP contribution >= 0.6 is 0 Å². The molecule has 4 bridgehead atoms. The average Bonchev–Trinajstić information content (AvgIpc) is 2.07. The molecule has 0 heteroatoms. The maximum atomic E-state index is 2.53. The van der Waals surface area contributed by atoms with E-state index >= 15 is 0 Å². The summed E-state index contributed by atoms with van der Waals surface area (Å²) in [6.07, 6.45) is 13.4. The van der Waals surface area contributed by atoms with Crippen LogP contribution in [-0.2, 0) is 0 Å². The molecule has 64 valence electrons. The van der Waals surface area contributed by atoms with Crippen molar-refractivity contribution < 1.29 is 0 Å². The molecule has 1 saturated carbocycles. The Morgan fingerprint density at radius 1 is 0.833 bits per heavy atom. The average molecular weight is 160 g/mol. The molecule has 0 amide bonds. The second-order valence-electron chi connectivity index (χ2n) is 4.43. The SMILES string of the molecule is C1=C2CCC3=CCCC2[C@@H]3CC1. The van der Waals surface area contributed by atoms with E-state index in [0.29, 0.717) is 0 Å². The Balaban J connectivity index is 2.05. The standard InChI is InChI=1S/C12H16/c1-3-9-7-8-10-4-2-6-12(9)11(10)5-1/h3-4,11-12H,1-2,5-8H2/t11-,12?/m1/s1. The minimum absolute atomic E-state index is 0.979. The van der Waals surface area contributed by atoms with Crippen molar-refractivity contribution in [2.45, 2.75) is 38.5 Å². The lowest BCUT2D eigenvalue weighted by Crippen LogP contribution is -2.29. The fourth-order valence-electron chi connectivity index (χ4n) is 3.35. The van der Waals surface area contributed by atoms with Gasteiger partial charge in [-0.15, -0.1) is 0 Å². The molecule has 3 aliphatic carbocycles. The van der Waals surface area contributed by atoms with E-state index in [-0.39, 0.29) is 0 Å². The van der Waals surface area contributed by atoms with Crippen LogP contribution in [0.25, 0.3) is 0 Å². The van der Waals surface area contributed by atoms with Gasteiger partial charge in [0.05, 0.1) is 0 Å². The molecule has 0 radical (unpaired) electrons. The molecule has 0 saturated heterocycles. The van der Waals surface area contributed by atoms with E-state index in [9.17, 15) is 0 Å². The third kappa shape index (κ3) is 0.840. The Morgan fingerprint density at radius 3 is 1.83 bits per heavy atom. The van der Waals surface area contributed by atoms with Gasteiger partial charge in [0.15, 0.2) is 0 Å². The van der Waals surface area contributed by atoms with Crippen LogP contribution in [0.3, 0.4) is 0 Å². The molecule has 0 heterocycles. The highest BCUT2D eigenvalue weighted by Crippen LogP contribution is 2.48. The zero-order chi connectivity index (χ0) is 7.97. The fourth-order valence-corrected chi connectivity index (χ4v) is 3.35. The van der Waals surface area contributed by atoms with Crippen LogP contribution in [0, 0.1) is 11.8 Å². The van der Waals surface area contributed by atoms with Gasteiger partial charge in [-0.25, -0.2) is 0 Å². The largest absolute Gasteiger partial charge is 0.0850 e. The van der Waals surface area contributed by atoms with Gasteiger partial charge in [0.25, 0.3) is 0 Å². The van der Waals surface area contributed by atoms with Crippen molar-refractivity contribution in [2.75, 3.05) is 0 Å². The lowest BCUT2D eigenvalue weighted by Gasteiger charge is -2.42. The quantitative estimate of drug-likeness (QED) is 0.476. The van der Waals surface area contributed by atoms with Crippen LogP contribution in [0.4, 0.5) is 0 Å². The normalized spacial score (nSPS) is 38.7. The smallest absolute Gasteiger partial charge is 0.0134 e. The molecule has 2 atom stereocenters. The van der Waals surface area contributed by atoms with Crippen molar-refractivity contribution >= 4 is 0 Å². The lowest BCUT2D eigenvalue weighted by atomic mass is 9.63. The molecular weight excluding hydrogens is 144 g/mol. The minimum Gasteiger partial charge on any atom is -0.0850 e. The summed E-state index contributed by atoms with van der Waals surface area (Å²) in [5.74, 6) is 1.96. The monoisotopic (exact) mass is 160 g/mol. The second-order valence-corrected chi connectivity index (χ2v) is 4.43. The number of hydrogen-bond acceptors (Lipinski definition) is 0. The van der Waals surface area contributed by atoms with Crippen molar-refractivity contribution in [1.82, 2.24) is 0 Å². The van der Waals surface area contributed by atoms with Gasteiger partial charge in [0.2, 0.25) is 0 Å². The van der Waals surface area contributed by atoms with E-state index in [1.165, 1.54) is 38.5 Å². The third-order valence-electron chi connectivity index (χ3n) is 3.91. The molecular formula is C12H16. The molecule has 0 nitrogen and oxygen atoms in total. The molecule has 0 aliphatic heterocycles. The van der Waals surface area contributed by atoms with Gasteiger partial charge >= 0.3 is 0 Å². The lowest BCUT2D eigenvalue weighted by molar-refractivity contribution is 0.308. The Hall–Kier alpha value is -0.520. The molecule has 12 heavy (non-hydrogen) atoms. The Morgan fingerprint density at radius 2 is 1.33 bits per heavy atom. The highest BCUT2D eigenvalue weighted by Gasteiger charge is 2.35. The summed E-state index contributed by atoms with van der Waals surface area (Å²) < 4.78 is 0. The van der Waals surface area contributed by atoms with Gasteiger partial charge in [-0.1, -0.05) is 23.3 Å². The second kappa shape index (κ2) is 2.48. The predicted molar refractivity (Wildman–Crippen MR) is 50.8 cm³/mol. The molecule has 0 N–H and O–H groups in total. The van der Waals surface area contributed by atoms with E-state index < -0.39 is 0 Å². The zero-order valence-corrected chi connectivity index (χ0v) is 7.55. The van der Waals surface area contributed by atoms with Crippen LogP contribution in [-0.4, -0.2) is 0 Å². The van der Waals surface area contributed by atoms with Crippen LogP contribution in [0.1, 0.15) is 38.5 Å². The first-order valence-electron chi connectivity index (χ1n) is 5.33. The third-order valence-corrected chi connectivity index (χ3v) is 3.91. The molecule has 0 spiro atoms. The highest BCUT2D eigenvalue weighted by atomic mass is 14.4. The van der Waals surface area contributed by atoms with Crippen LogP contribution in [0.15, 0.2) is 23.3 Å². The first-order chi connectivity index (χ1) is 5.95. The molecule has 3 rings (SSSR count). The molecule has 0 aromatic rings. The minimum atomic E-state index is 0.979. The van der Waals surface area contributed by atoms with Crippen molar-refractivity contribution in [1.29, 1.82) is 0 Å². The summed E-state index contributed by atoms with van der Waals surface area (Å²) in [5, 5.41) is 0. The topological polar surface area (TPSA) is 0 Å². The summed E-state index contributed by atoms with van der Waals surface area (Å²) in [7, 11) is 0. The van der Waals surface area contributed by atoms with Gasteiger partial charge in [-0.3, -0.25) is 0 Å². The van der Waals surface area contributed by atoms with Gasteiger partial charge < -0.3 is 0 Å². The predicted octanol–water partition coefficient (Wildman–Crippen LogP) is 3.45. The van der Waals surface area contributed by atoms with Crippen molar-refractivity contribution in [3.8, 4) is 0 Å². The highest BCUT2D eigenvalue weighted by molar-refractivity contribution is 5.28. The van der Waals surface area contributed by atoms with E-state index in [2.05, 4.69) is 12.2 Å². The molecule has 3 aliphatic rings. The molecule has 0 aromatic carbocycles. The van der Waals surface area contributed by atoms with Crippen molar-refractivity contribution in [3.63, 3.8) is 0 Å². The van der Waals surface area contributed by atoms with Crippen molar-refractivity contribution in [2.24, 2.45) is 11.8 Å². The van der Waals surface area contributed by atoms with Crippen LogP contribution in [0.5, 0.6) is 0 Å². The Kier molecular flexibility index (Phi) is 1.44. The molecule has 1 unspecified atom stereocenters. The summed E-state index contributed by atoms with van der Waals surface area (Å²) >= 11 is 0. The first-order valence-corrected chi connectivity index (χ1v) is 5.33. The van der Waals surface area contributed by atoms with Crippen LogP contribution < -0.4 is 0 Å². The fraction of sp³-hybridized carbons (Fsp3) is 0.667. The summed E-state index contributed by atoms with van der Waals surface area (Å²) in [4.78, 5) is 0. The van der Waals surface area contributed by atoms with E-state index in [4.69, 9.17) is 0 Å². The summed E-state index contributed by atoms with van der Waals surface area (Å²) in [6.45, 7) is 0. The summed E-state index contributed by atoms with van der Waals surface area (Å²) in [6, 6.07) is 0. The van der Waals surface area contributed by atoms with Gasteiger partial charge in [-0.05, 0) is 50.4 Å². The maximum absolute atomic E-state index is 2.53. The van der Waals surface area contributed by atoms with Crippen LogP contribution in [0.2, 0.25) is 0 Å². The maximum Gasteiger partial charge on any atom is -0.0134 e.